The second-order valence-corrected chi connectivity index (χ2v) is 3.91. The first-order valence-corrected chi connectivity index (χ1v) is 4.83. The molecular formula is C11H16N2. The summed E-state index contributed by atoms with van der Waals surface area (Å²) in [5, 5.41) is 3.40. The number of hydrogen-bond donors (Lipinski definition) is 2. The smallest absolute Gasteiger partial charge is 0.0314 e. The van der Waals surface area contributed by atoms with Crippen molar-refractivity contribution in [3.8, 4) is 0 Å². The predicted octanol–water partition coefficient (Wildman–Crippen LogP) is 1.59. The average Bonchev–Trinajstić information content (AvgIpc) is 2.53. The maximum absolute atomic E-state index is 5.64. The van der Waals surface area contributed by atoms with Gasteiger partial charge in [0.1, 0.15) is 0 Å². The molecule has 1 aromatic rings. The lowest BCUT2D eigenvalue weighted by atomic mass is 9.90. The fourth-order valence-electron chi connectivity index (χ4n) is 2.00. The quantitative estimate of drug-likeness (QED) is 0.638. The Bertz CT molecular complexity index is 279. The number of benzene rings is 1. The first-order valence-electron chi connectivity index (χ1n) is 4.83. The van der Waals surface area contributed by atoms with Crippen molar-refractivity contribution in [3.05, 3.63) is 29.8 Å². The van der Waals surface area contributed by atoms with E-state index in [9.17, 15) is 0 Å². The zero-order valence-electron chi connectivity index (χ0n) is 7.96. The summed E-state index contributed by atoms with van der Waals surface area (Å²) >= 11 is 0. The van der Waals surface area contributed by atoms with Crippen LogP contribution in [0.1, 0.15) is 18.4 Å². The van der Waals surface area contributed by atoms with E-state index >= 15 is 0 Å². The Hall–Kier alpha value is -1.02. The average molecular weight is 176 g/mol. The molecule has 0 aromatic heterocycles. The lowest BCUT2D eigenvalue weighted by Crippen LogP contribution is -2.07. The van der Waals surface area contributed by atoms with Crippen LogP contribution >= 0.6 is 0 Å². The maximum atomic E-state index is 5.64. The number of nitrogens with two attached hydrogens (primary N) is 1. The SMILES string of the molecule is C[C@@H]1CNC[C@H]1c1ccc(N)cc1. The van der Waals surface area contributed by atoms with E-state index in [1.54, 1.807) is 0 Å². The van der Waals surface area contributed by atoms with Crippen molar-refractivity contribution in [2.45, 2.75) is 12.8 Å². The zero-order valence-corrected chi connectivity index (χ0v) is 7.96. The first kappa shape index (κ1) is 8.57. The highest BCUT2D eigenvalue weighted by Crippen LogP contribution is 2.27. The summed E-state index contributed by atoms with van der Waals surface area (Å²) in [7, 11) is 0. The van der Waals surface area contributed by atoms with Crippen LogP contribution in [-0.2, 0) is 0 Å². The van der Waals surface area contributed by atoms with Crippen molar-refractivity contribution >= 4 is 5.69 Å². The molecule has 0 saturated carbocycles. The van der Waals surface area contributed by atoms with E-state index in [-0.39, 0.29) is 0 Å². The Kier molecular flexibility index (Phi) is 2.23. The molecule has 0 spiro atoms. The Labute approximate surface area is 79.1 Å². The molecule has 1 saturated heterocycles. The third-order valence-electron chi connectivity index (χ3n) is 2.88. The lowest BCUT2D eigenvalue weighted by molar-refractivity contribution is 0.572. The zero-order chi connectivity index (χ0) is 9.26. The van der Waals surface area contributed by atoms with E-state index in [1.165, 1.54) is 5.56 Å². The number of hydrogen-bond acceptors (Lipinski definition) is 2. The molecule has 3 N–H and O–H groups in total. The van der Waals surface area contributed by atoms with Gasteiger partial charge in [-0.15, -0.1) is 0 Å². The van der Waals surface area contributed by atoms with Crippen molar-refractivity contribution in [1.29, 1.82) is 0 Å². The molecule has 1 heterocycles. The Morgan fingerprint density at radius 1 is 1.23 bits per heavy atom. The Morgan fingerprint density at radius 2 is 1.92 bits per heavy atom. The number of rotatable bonds is 1. The fourth-order valence-corrected chi connectivity index (χ4v) is 2.00. The van der Waals surface area contributed by atoms with Crippen LogP contribution in [0.4, 0.5) is 5.69 Å². The Balaban J connectivity index is 2.20. The molecule has 13 heavy (non-hydrogen) atoms. The molecule has 2 rings (SSSR count). The lowest BCUT2D eigenvalue weighted by Gasteiger charge is -2.14. The van der Waals surface area contributed by atoms with E-state index in [4.69, 9.17) is 5.73 Å². The van der Waals surface area contributed by atoms with Gasteiger partial charge >= 0.3 is 0 Å². The van der Waals surface area contributed by atoms with Gasteiger partial charge in [-0.3, -0.25) is 0 Å². The summed E-state index contributed by atoms with van der Waals surface area (Å²) < 4.78 is 0. The van der Waals surface area contributed by atoms with Gasteiger partial charge in [0.15, 0.2) is 0 Å². The number of nitrogens with one attached hydrogen (secondary N) is 1. The fraction of sp³-hybridized carbons (Fsp3) is 0.455. The van der Waals surface area contributed by atoms with Crippen LogP contribution in [-0.4, -0.2) is 13.1 Å². The van der Waals surface area contributed by atoms with Crippen LogP contribution in [0.15, 0.2) is 24.3 Å². The predicted molar refractivity (Wildman–Crippen MR) is 55.6 cm³/mol. The van der Waals surface area contributed by atoms with E-state index in [1.807, 2.05) is 12.1 Å². The minimum Gasteiger partial charge on any atom is -0.399 e. The monoisotopic (exact) mass is 176 g/mol. The summed E-state index contributed by atoms with van der Waals surface area (Å²) in [5.41, 5.74) is 7.90. The van der Waals surface area contributed by atoms with Crippen molar-refractivity contribution in [2.75, 3.05) is 18.8 Å². The second-order valence-electron chi connectivity index (χ2n) is 3.91. The van der Waals surface area contributed by atoms with Crippen LogP contribution in [0.2, 0.25) is 0 Å². The van der Waals surface area contributed by atoms with Crippen molar-refractivity contribution in [2.24, 2.45) is 5.92 Å². The second kappa shape index (κ2) is 3.38. The van der Waals surface area contributed by atoms with Gasteiger partial charge in [0.05, 0.1) is 0 Å². The molecule has 0 bridgehead atoms. The summed E-state index contributed by atoms with van der Waals surface area (Å²) in [6.07, 6.45) is 0. The molecule has 0 unspecified atom stereocenters. The topological polar surface area (TPSA) is 38.0 Å². The number of anilines is 1. The molecule has 2 atom stereocenters. The largest absolute Gasteiger partial charge is 0.399 e. The van der Waals surface area contributed by atoms with Crippen molar-refractivity contribution in [3.63, 3.8) is 0 Å². The summed E-state index contributed by atoms with van der Waals surface area (Å²) in [6, 6.07) is 8.26. The summed E-state index contributed by atoms with van der Waals surface area (Å²) in [4.78, 5) is 0. The maximum Gasteiger partial charge on any atom is 0.0314 e. The van der Waals surface area contributed by atoms with Crippen LogP contribution in [0.25, 0.3) is 0 Å². The normalized spacial score (nSPS) is 27.8. The standard InChI is InChI=1S/C11H16N2/c1-8-6-13-7-11(8)9-2-4-10(12)5-3-9/h2-5,8,11,13H,6-7,12H2,1H3/t8-,11-/m1/s1. The minimum atomic E-state index is 0.667. The van der Waals surface area contributed by atoms with Gasteiger partial charge in [-0.25, -0.2) is 0 Å². The van der Waals surface area contributed by atoms with Gasteiger partial charge < -0.3 is 11.1 Å². The van der Waals surface area contributed by atoms with E-state index in [2.05, 4.69) is 24.4 Å². The highest BCUT2D eigenvalue weighted by Gasteiger charge is 2.23. The minimum absolute atomic E-state index is 0.667. The van der Waals surface area contributed by atoms with Gasteiger partial charge in [0, 0.05) is 18.2 Å². The highest BCUT2D eigenvalue weighted by molar-refractivity contribution is 5.40. The third kappa shape index (κ3) is 1.68. The highest BCUT2D eigenvalue weighted by atomic mass is 14.9. The van der Waals surface area contributed by atoms with Gasteiger partial charge in [-0.1, -0.05) is 19.1 Å². The molecular weight excluding hydrogens is 160 g/mol. The molecule has 2 heteroatoms. The molecule has 70 valence electrons. The van der Waals surface area contributed by atoms with Gasteiger partial charge in [0.25, 0.3) is 0 Å². The molecule has 0 amide bonds. The first-order chi connectivity index (χ1) is 6.27. The summed E-state index contributed by atoms with van der Waals surface area (Å²) in [6.45, 7) is 4.53. The number of nitrogen functional groups attached to an aromatic ring is 1. The third-order valence-corrected chi connectivity index (χ3v) is 2.88. The van der Waals surface area contributed by atoms with Crippen LogP contribution < -0.4 is 11.1 Å². The molecule has 1 aromatic carbocycles. The van der Waals surface area contributed by atoms with E-state index in [0.29, 0.717) is 5.92 Å². The van der Waals surface area contributed by atoms with Gasteiger partial charge in [-0.2, -0.15) is 0 Å². The van der Waals surface area contributed by atoms with Crippen LogP contribution in [0, 0.1) is 5.92 Å². The molecule has 1 aliphatic heterocycles. The van der Waals surface area contributed by atoms with E-state index in [0.717, 1.165) is 24.7 Å². The van der Waals surface area contributed by atoms with E-state index < -0.39 is 0 Å². The molecule has 1 aliphatic rings. The molecule has 0 radical (unpaired) electrons. The summed E-state index contributed by atoms with van der Waals surface area (Å²) in [5.74, 6) is 1.41. The van der Waals surface area contributed by atoms with Crippen molar-refractivity contribution in [1.82, 2.24) is 5.32 Å². The van der Waals surface area contributed by atoms with Gasteiger partial charge in [0.2, 0.25) is 0 Å². The van der Waals surface area contributed by atoms with Crippen LogP contribution in [0.5, 0.6) is 0 Å². The molecule has 1 fully saturated rings. The van der Waals surface area contributed by atoms with Gasteiger partial charge in [-0.05, 0) is 30.2 Å². The Morgan fingerprint density at radius 3 is 2.46 bits per heavy atom. The van der Waals surface area contributed by atoms with Crippen LogP contribution in [0.3, 0.4) is 0 Å². The molecule has 2 nitrogen and oxygen atoms in total. The van der Waals surface area contributed by atoms with Crippen molar-refractivity contribution < 1.29 is 0 Å². The molecule has 0 aliphatic carbocycles.